The minimum absolute atomic E-state index is 0. The Morgan fingerprint density at radius 1 is 1.39 bits per heavy atom. The first kappa shape index (κ1) is 15.5. The molecule has 3 heterocycles. The molecule has 102 valence electrons. The highest BCUT2D eigenvalue weighted by atomic mass is 35.5. The fraction of sp³-hybridized carbons (Fsp3) is 0.583. The molecular formula is C12H18Cl2N2O2. The van der Waals surface area contributed by atoms with Gasteiger partial charge in [-0.05, 0) is 25.0 Å². The number of nitrogens with zero attached hydrogens (tertiary/aromatic N) is 1. The average molecular weight is 293 g/mol. The van der Waals surface area contributed by atoms with Gasteiger partial charge < -0.3 is 14.8 Å². The molecule has 0 amide bonds. The molecule has 4 nitrogen and oxygen atoms in total. The molecule has 2 aliphatic heterocycles. The topological polar surface area (TPSA) is 43.4 Å². The summed E-state index contributed by atoms with van der Waals surface area (Å²) < 4.78 is 11.7. The lowest BCUT2D eigenvalue weighted by Crippen LogP contribution is -2.41. The first-order valence-corrected chi connectivity index (χ1v) is 5.85. The van der Waals surface area contributed by atoms with E-state index in [1.54, 1.807) is 12.4 Å². The molecule has 1 aromatic heterocycles. The van der Waals surface area contributed by atoms with Crippen molar-refractivity contribution in [1.82, 2.24) is 10.3 Å². The van der Waals surface area contributed by atoms with Gasteiger partial charge in [-0.15, -0.1) is 24.8 Å². The third-order valence-electron chi connectivity index (χ3n) is 3.24. The summed E-state index contributed by atoms with van der Waals surface area (Å²) in [5, 5.41) is 3.46. The van der Waals surface area contributed by atoms with E-state index in [2.05, 4.69) is 10.3 Å². The van der Waals surface area contributed by atoms with Crippen LogP contribution in [0.1, 0.15) is 12.8 Å². The molecule has 3 atom stereocenters. The number of aromatic nitrogens is 1. The molecule has 2 aliphatic rings. The van der Waals surface area contributed by atoms with Crippen molar-refractivity contribution in [3.05, 3.63) is 24.5 Å². The lowest BCUT2D eigenvalue weighted by molar-refractivity contribution is -0.0376. The Labute approximate surface area is 119 Å². The lowest BCUT2D eigenvalue weighted by atomic mass is 10.0. The molecule has 0 radical (unpaired) electrons. The Bertz CT molecular complexity index is 353. The normalized spacial score (nSPS) is 29.7. The summed E-state index contributed by atoms with van der Waals surface area (Å²) >= 11 is 0. The molecule has 6 heteroatoms. The minimum Gasteiger partial charge on any atom is -0.485 e. The fourth-order valence-corrected chi connectivity index (χ4v) is 2.47. The molecule has 2 saturated heterocycles. The van der Waals surface area contributed by atoms with Gasteiger partial charge in [0, 0.05) is 25.4 Å². The number of halogens is 2. The van der Waals surface area contributed by atoms with Crippen LogP contribution in [0.2, 0.25) is 0 Å². The maximum atomic E-state index is 5.89. The molecule has 0 saturated carbocycles. The van der Waals surface area contributed by atoms with Crippen LogP contribution in [0.3, 0.4) is 0 Å². The van der Waals surface area contributed by atoms with E-state index >= 15 is 0 Å². The van der Waals surface area contributed by atoms with Crippen LogP contribution in [-0.4, -0.2) is 36.4 Å². The van der Waals surface area contributed by atoms with E-state index in [9.17, 15) is 0 Å². The summed E-state index contributed by atoms with van der Waals surface area (Å²) in [5.74, 6) is 0.823. The fourth-order valence-electron chi connectivity index (χ4n) is 2.47. The molecule has 2 fully saturated rings. The Morgan fingerprint density at radius 3 is 3.06 bits per heavy atom. The predicted octanol–water partition coefficient (Wildman–Crippen LogP) is 1.82. The van der Waals surface area contributed by atoms with Crippen LogP contribution in [0.25, 0.3) is 0 Å². The number of pyridine rings is 1. The second-order valence-corrected chi connectivity index (χ2v) is 4.34. The highest BCUT2D eigenvalue weighted by molar-refractivity contribution is 5.85. The van der Waals surface area contributed by atoms with E-state index in [1.807, 2.05) is 12.1 Å². The zero-order valence-electron chi connectivity index (χ0n) is 9.95. The summed E-state index contributed by atoms with van der Waals surface area (Å²) in [7, 11) is 0. The first-order chi connectivity index (χ1) is 7.93. The van der Waals surface area contributed by atoms with E-state index in [0.29, 0.717) is 6.04 Å². The third-order valence-corrected chi connectivity index (χ3v) is 3.24. The standard InChI is InChI=1S/C12H16N2O2.2ClH/c1-3-9(7-13-5-1)16-11-8-14-10-4-2-6-15-12(10)11;;/h1,3,5,7,10-12,14H,2,4,6,8H2;2*1H/t10-,11-,12-;;/m0../s1. The van der Waals surface area contributed by atoms with E-state index in [1.165, 1.54) is 6.42 Å². The minimum atomic E-state index is 0. The molecule has 0 aliphatic carbocycles. The van der Waals surface area contributed by atoms with Crippen molar-refractivity contribution in [1.29, 1.82) is 0 Å². The zero-order valence-corrected chi connectivity index (χ0v) is 11.6. The maximum Gasteiger partial charge on any atom is 0.139 e. The second kappa shape index (κ2) is 7.14. The van der Waals surface area contributed by atoms with E-state index in [-0.39, 0.29) is 37.0 Å². The van der Waals surface area contributed by atoms with Gasteiger partial charge in [-0.3, -0.25) is 4.98 Å². The highest BCUT2D eigenvalue weighted by Gasteiger charge is 2.39. The predicted molar refractivity (Wildman–Crippen MR) is 73.9 cm³/mol. The van der Waals surface area contributed by atoms with Crippen molar-refractivity contribution in [3.8, 4) is 5.75 Å². The van der Waals surface area contributed by atoms with Crippen LogP contribution < -0.4 is 10.1 Å². The smallest absolute Gasteiger partial charge is 0.139 e. The van der Waals surface area contributed by atoms with Gasteiger partial charge in [-0.1, -0.05) is 0 Å². The SMILES string of the molecule is Cl.Cl.c1cncc(O[C@H]2CN[C@H]3CCCO[C@@H]32)c1. The van der Waals surface area contributed by atoms with Gasteiger partial charge in [0.05, 0.1) is 6.20 Å². The van der Waals surface area contributed by atoms with E-state index < -0.39 is 0 Å². The molecule has 0 aromatic carbocycles. The number of hydrogen-bond acceptors (Lipinski definition) is 4. The number of nitrogens with one attached hydrogen (secondary N) is 1. The molecule has 0 spiro atoms. The molecule has 18 heavy (non-hydrogen) atoms. The Hall–Kier alpha value is -0.550. The number of hydrogen-bond donors (Lipinski definition) is 1. The molecule has 1 aromatic rings. The van der Waals surface area contributed by atoms with Gasteiger partial charge in [0.1, 0.15) is 18.0 Å². The average Bonchev–Trinajstić information content (AvgIpc) is 2.74. The maximum absolute atomic E-state index is 5.89. The van der Waals surface area contributed by atoms with Crippen LogP contribution in [0.4, 0.5) is 0 Å². The van der Waals surface area contributed by atoms with Crippen molar-refractivity contribution in [2.45, 2.75) is 31.1 Å². The Kier molecular flexibility index (Phi) is 6.15. The van der Waals surface area contributed by atoms with Crippen LogP contribution in [0.5, 0.6) is 5.75 Å². The van der Waals surface area contributed by atoms with Crippen LogP contribution in [-0.2, 0) is 4.74 Å². The monoisotopic (exact) mass is 292 g/mol. The molecule has 1 N–H and O–H groups in total. The van der Waals surface area contributed by atoms with Gasteiger partial charge in [0.15, 0.2) is 0 Å². The number of rotatable bonds is 2. The van der Waals surface area contributed by atoms with Crippen molar-refractivity contribution in [2.75, 3.05) is 13.2 Å². The highest BCUT2D eigenvalue weighted by Crippen LogP contribution is 2.24. The molecular weight excluding hydrogens is 275 g/mol. The summed E-state index contributed by atoms with van der Waals surface area (Å²) in [6.07, 6.45) is 6.16. The number of ether oxygens (including phenoxy) is 2. The summed E-state index contributed by atoms with van der Waals surface area (Å²) in [6.45, 7) is 1.72. The van der Waals surface area contributed by atoms with Gasteiger partial charge in [0.2, 0.25) is 0 Å². The van der Waals surface area contributed by atoms with E-state index in [0.717, 1.165) is 25.3 Å². The van der Waals surface area contributed by atoms with Crippen molar-refractivity contribution in [3.63, 3.8) is 0 Å². The van der Waals surface area contributed by atoms with Crippen LogP contribution in [0.15, 0.2) is 24.5 Å². The zero-order chi connectivity index (χ0) is 10.8. The van der Waals surface area contributed by atoms with Gasteiger partial charge in [-0.25, -0.2) is 0 Å². The quantitative estimate of drug-likeness (QED) is 0.903. The van der Waals surface area contributed by atoms with Crippen LogP contribution in [0, 0.1) is 0 Å². The van der Waals surface area contributed by atoms with E-state index in [4.69, 9.17) is 9.47 Å². The first-order valence-electron chi connectivity index (χ1n) is 5.85. The van der Waals surface area contributed by atoms with Crippen molar-refractivity contribution >= 4 is 24.8 Å². The Morgan fingerprint density at radius 2 is 2.28 bits per heavy atom. The van der Waals surface area contributed by atoms with Crippen molar-refractivity contribution < 1.29 is 9.47 Å². The Balaban J connectivity index is 0.000000810. The summed E-state index contributed by atoms with van der Waals surface area (Å²) in [4.78, 5) is 4.04. The molecule has 3 rings (SSSR count). The largest absolute Gasteiger partial charge is 0.485 e. The van der Waals surface area contributed by atoms with Gasteiger partial charge in [0.25, 0.3) is 0 Å². The lowest BCUT2D eigenvalue weighted by Gasteiger charge is -2.28. The summed E-state index contributed by atoms with van der Waals surface area (Å²) in [6, 6.07) is 4.29. The van der Waals surface area contributed by atoms with Crippen LogP contribution >= 0.6 is 24.8 Å². The molecule has 0 bridgehead atoms. The third kappa shape index (κ3) is 3.26. The molecule has 0 unspecified atom stereocenters. The van der Waals surface area contributed by atoms with Crippen molar-refractivity contribution in [2.24, 2.45) is 0 Å². The number of fused-ring (bicyclic) bond motifs is 1. The van der Waals surface area contributed by atoms with Gasteiger partial charge in [-0.2, -0.15) is 0 Å². The summed E-state index contributed by atoms with van der Waals surface area (Å²) in [5.41, 5.74) is 0. The van der Waals surface area contributed by atoms with Gasteiger partial charge >= 0.3 is 0 Å². The second-order valence-electron chi connectivity index (χ2n) is 4.34.